The summed E-state index contributed by atoms with van der Waals surface area (Å²) < 4.78 is 5.15. The molecule has 0 radical (unpaired) electrons. The average molecular weight is 290 g/mol. The van der Waals surface area contributed by atoms with Crippen molar-refractivity contribution in [2.24, 2.45) is 0 Å². The van der Waals surface area contributed by atoms with Crippen LogP contribution in [0.1, 0.15) is 39.0 Å². The number of carbonyl (C=O) groups excluding carboxylic acids is 2. The van der Waals surface area contributed by atoms with E-state index in [1.54, 1.807) is 13.2 Å². The number of nitrogens with one attached hydrogen (secondary N) is 2. The number of amides is 2. The second-order valence-corrected chi connectivity index (χ2v) is 5.38. The molecule has 1 unspecified atom stereocenters. The zero-order chi connectivity index (χ0) is 15.3. The largest absolute Gasteiger partial charge is 0.497 e. The zero-order valence-electron chi connectivity index (χ0n) is 12.6. The van der Waals surface area contributed by atoms with Crippen LogP contribution in [0, 0.1) is 0 Å². The Kier molecular flexibility index (Phi) is 4.83. The van der Waals surface area contributed by atoms with Crippen LogP contribution in [0.3, 0.4) is 0 Å². The van der Waals surface area contributed by atoms with Crippen LogP contribution >= 0.6 is 0 Å². The summed E-state index contributed by atoms with van der Waals surface area (Å²) in [4.78, 5) is 24.5. The maximum Gasteiger partial charge on any atom is 0.250 e. The number of ether oxygens (including phenoxy) is 1. The average Bonchev–Trinajstić information content (AvgIpc) is 2.69. The molecule has 2 rings (SSSR count). The lowest BCUT2D eigenvalue weighted by atomic mass is 9.89. The number of carbonyl (C=O) groups is 2. The molecule has 0 spiro atoms. The zero-order valence-corrected chi connectivity index (χ0v) is 12.6. The van der Waals surface area contributed by atoms with Gasteiger partial charge in [-0.15, -0.1) is 0 Å². The van der Waals surface area contributed by atoms with Crippen LogP contribution in [0.15, 0.2) is 24.3 Å². The third-order valence-electron chi connectivity index (χ3n) is 4.00. The van der Waals surface area contributed by atoms with Crippen LogP contribution in [-0.4, -0.2) is 24.5 Å². The standard InChI is InChI=1S/C16H22N2O3/c1-3-16(10-5-4-9-14(19)18-16)15(20)17-12-7-6-8-13(11-12)21-2/h6-8,11H,3-5,9-10H2,1-2H3,(H,17,20)(H,18,19). The first kappa shape index (κ1) is 15.4. The number of hydrogen-bond donors (Lipinski definition) is 2. The molecule has 0 aromatic heterocycles. The predicted molar refractivity (Wildman–Crippen MR) is 81.3 cm³/mol. The quantitative estimate of drug-likeness (QED) is 0.895. The van der Waals surface area contributed by atoms with Crippen LogP contribution in [0.4, 0.5) is 5.69 Å². The van der Waals surface area contributed by atoms with E-state index < -0.39 is 5.54 Å². The fourth-order valence-electron chi connectivity index (χ4n) is 2.65. The second kappa shape index (κ2) is 6.61. The Morgan fingerprint density at radius 3 is 2.95 bits per heavy atom. The molecule has 1 aromatic carbocycles. The first-order chi connectivity index (χ1) is 10.1. The SMILES string of the molecule is CCC1(C(=O)Nc2cccc(OC)c2)CCCCC(=O)N1. The summed E-state index contributed by atoms with van der Waals surface area (Å²) in [5.74, 6) is 0.479. The third kappa shape index (κ3) is 3.54. The van der Waals surface area contributed by atoms with Crippen molar-refractivity contribution in [1.82, 2.24) is 5.32 Å². The highest BCUT2D eigenvalue weighted by Gasteiger charge is 2.39. The van der Waals surface area contributed by atoms with E-state index in [9.17, 15) is 9.59 Å². The van der Waals surface area contributed by atoms with Gasteiger partial charge in [-0.25, -0.2) is 0 Å². The third-order valence-corrected chi connectivity index (χ3v) is 4.00. The Labute approximate surface area is 125 Å². The monoisotopic (exact) mass is 290 g/mol. The summed E-state index contributed by atoms with van der Waals surface area (Å²) >= 11 is 0. The second-order valence-electron chi connectivity index (χ2n) is 5.38. The first-order valence-electron chi connectivity index (χ1n) is 7.36. The Morgan fingerprint density at radius 2 is 2.24 bits per heavy atom. The molecule has 21 heavy (non-hydrogen) atoms. The minimum absolute atomic E-state index is 0.0462. The minimum atomic E-state index is -0.809. The molecule has 2 N–H and O–H groups in total. The lowest BCUT2D eigenvalue weighted by molar-refractivity contribution is -0.130. The Balaban J connectivity index is 2.17. The van der Waals surface area contributed by atoms with Crippen molar-refractivity contribution in [1.29, 1.82) is 0 Å². The molecule has 5 heteroatoms. The van der Waals surface area contributed by atoms with Crippen molar-refractivity contribution < 1.29 is 14.3 Å². The number of hydrogen-bond acceptors (Lipinski definition) is 3. The smallest absolute Gasteiger partial charge is 0.250 e. The molecule has 0 bridgehead atoms. The van der Waals surface area contributed by atoms with Crippen LogP contribution in [0.5, 0.6) is 5.75 Å². The van der Waals surface area contributed by atoms with Crippen molar-refractivity contribution in [2.45, 2.75) is 44.6 Å². The molecule has 1 fully saturated rings. The van der Waals surface area contributed by atoms with Crippen molar-refractivity contribution in [3.8, 4) is 5.75 Å². The maximum absolute atomic E-state index is 12.7. The lowest BCUT2D eigenvalue weighted by Crippen LogP contribution is -2.55. The molecule has 1 aliphatic rings. The highest BCUT2D eigenvalue weighted by atomic mass is 16.5. The predicted octanol–water partition coefficient (Wildman–Crippen LogP) is 2.47. The van der Waals surface area contributed by atoms with Gasteiger partial charge in [0.25, 0.3) is 0 Å². The van der Waals surface area contributed by atoms with Crippen LogP contribution in [0.2, 0.25) is 0 Å². The van der Waals surface area contributed by atoms with Gasteiger partial charge in [-0.2, -0.15) is 0 Å². The maximum atomic E-state index is 12.7. The van der Waals surface area contributed by atoms with E-state index >= 15 is 0 Å². The van der Waals surface area contributed by atoms with Crippen molar-refractivity contribution in [3.63, 3.8) is 0 Å². The van der Waals surface area contributed by atoms with Crippen LogP contribution in [0.25, 0.3) is 0 Å². The molecular weight excluding hydrogens is 268 g/mol. The molecular formula is C16H22N2O3. The highest BCUT2D eigenvalue weighted by molar-refractivity contribution is 6.00. The van der Waals surface area contributed by atoms with E-state index in [-0.39, 0.29) is 11.8 Å². The van der Waals surface area contributed by atoms with Crippen LogP contribution in [-0.2, 0) is 9.59 Å². The van der Waals surface area contributed by atoms with Gasteiger partial charge >= 0.3 is 0 Å². The molecule has 5 nitrogen and oxygen atoms in total. The number of benzene rings is 1. The molecule has 1 aliphatic heterocycles. The van der Waals surface area contributed by atoms with Gasteiger partial charge in [-0.1, -0.05) is 19.4 Å². The van der Waals surface area contributed by atoms with Crippen molar-refractivity contribution in [3.05, 3.63) is 24.3 Å². The van der Waals surface area contributed by atoms with Crippen molar-refractivity contribution >= 4 is 17.5 Å². The van der Waals surface area contributed by atoms with Gasteiger partial charge in [0.1, 0.15) is 11.3 Å². The Bertz CT molecular complexity index is 530. The topological polar surface area (TPSA) is 67.4 Å². The van der Waals surface area contributed by atoms with Gasteiger partial charge in [-0.3, -0.25) is 9.59 Å². The van der Waals surface area contributed by atoms with E-state index in [2.05, 4.69) is 10.6 Å². The molecule has 1 aromatic rings. The van der Waals surface area contributed by atoms with E-state index in [1.807, 2.05) is 25.1 Å². The molecule has 0 aliphatic carbocycles. The number of anilines is 1. The normalized spacial score (nSPS) is 22.1. The lowest BCUT2D eigenvalue weighted by Gasteiger charge is -2.31. The Hall–Kier alpha value is -2.04. The summed E-state index contributed by atoms with van der Waals surface area (Å²) in [6.07, 6.45) is 3.45. The molecule has 1 saturated heterocycles. The first-order valence-corrected chi connectivity index (χ1v) is 7.36. The Morgan fingerprint density at radius 1 is 1.43 bits per heavy atom. The van der Waals surface area contributed by atoms with Gasteiger partial charge in [0.15, 0.2) is 0 Å². The number of methoxy groups -OCH3 is 1. The van der Waals surface area contributed by atoms with Crippen molar-refractivity contribution in [2.75, 3.05) is 12.4 Å². The van der Waals surface area contributed by atoms with Crippen LogP contribution < -0.4 is 15.4 Å². The summed E-state index contributed by atoms with van der Waals surface area (Å²) in [5.41, 5.74) is -0.137. The summed E-state index contributed by atoms with van der Waals surface area (Å²) in [6.45, 7) is 1.93. The minimum Gasteiger partial charge on any atom is -0.497 e. The molecule has 114 valence electrons. The molecule has 0 saturated carbocycles. The molecule has 1 atom stereocenters. The van der Waals surface area contributed by atoms with Gasteiger partial charge in [0, 0.05) is 18.2 Å². The number of rotatable bonds is 4. The van der Waals surface area contributed by atoms with E-state index in [1.165, 1.54) is 0 Å². The van der Waals surface area contributed by atoms with Gasteiger partial charge in [0.05, 0.1) is 7.11 Å². The van der Waals surface area contributed by atoms with Gasteiger partial charge < -0.3 is 15.4 Å². The summed E-state index contributed by atoms with van der Waals surface area (Å²) in [6, 6.07) is 7.21. The summed E-state index contributed by atoms with van der Waals surface area (Å²) in [7, 11) is 1.58. The van der Waals surface area contributed by atoms with Gasteiger partial charge in [-0.05, 0) is 31.4 Å². The fourth-order valence-corrected chi connectivity index (χ4v) is 2.65. The highest BCUT2D eigenvalue weighted by Crippen LogP contribution is 2.26. The molecule has 2 amide bonds. The fraction of sp³-hybridized carbons (Fsp3) is 0.500. The van der Waals surface area contributed by atoms with E-state index in [0.717, 1.165) is 12.8 Å². The van der Waals surface area contributed by atoms with E-state index in [4.69, 9.17) is 4.74 Å². The van der Waals surface area contributed by atoms with E-state index in [0.29, 0.717) is 30.7 Å². The van der Waals surface area contributed by atoms with Gasteiger partial charge in [0.2, 0.25) is 11.8 Å². The summed E-state index contributed by atoms with van der Waals surface area (Å²) in [5, 5.41) is 5.80. The molecule has 1 heterocycles.